The van der Waals surface area contributed by atoms with Crippen LogP contribution in [0.4, 0.5) is 5.13 Å². The second-order valence-electron chi connectivity index (χ2n) is 2.19. The van der Waals surface area contributed by atoms with Crippen LogP contribution in [-0.4, -0.2) is 10.2 Å². The van der Waals surface area contributed by atoms with Crippen molar-refractivity contribution in [2.45, 2.75) is 19.8 Å². The van der Waals surface area contributed by atoms with Gasteiger partial charge >= 0.3 is 5.13 Å². The lowest BCUT2D eigenvalue weighted by molar-refractivity contribution is 0.826. The fraction of sp³-hybridized carbons (Fsp3) is 0.500. The second-order valence-corrected chi connectivity index (χ2v) is 3.18. The van der Waals surface area contributed by atoms with Crippen LogP contribution in [0.2, 0.25) is 0 Å². The number of aromatic nitrogens is 2. The Morgan fingerprint density at radius 1 is 1.50 bits per heavy atom. The summed E-state index contributed by atoms with van der Waals surface area (Å²) < 4.78 is 0. The largest absolute Gasteiger partial charge is 0.355 e. The van der Waals surface area contributed by atoms with Gasteiger partial charge in [-0.25, -0.2) is 0 Å². The highest BCUT2D eigenvalue weighted by Gasteiger charge is 2.07. The van der Waals surface area contributed by atoms with Crippen LogP contribution >= 0.6 is 11.3 Å². The maximum absolute atomic E-state index is 6.63. The van der Waals surface area contributed by atoms with Gasteiger partial charge in [0.2, 0.25) is 0 Å². The lowest BCUT2D eigenvalue weighted by Gasteiger charge is -1.91. The van der Waals surface area contributed by atoms with Crippen LogP contribution in [0.5, 0.6) is 0 Å². The van der Waals surface area contributed by atoms with Crippen molar-refractivity contribution in [3.05, 3.63) is 16.4 Å². The summed E-state index contributed by atoms with van der Waals surface area (Å²) in [7, 11) is 0. The van der Waals surface area contributed by atoms with Crippen LogP contribution in [0.15, 0.2) is 0 Å². The summed E-state index contributed by atoms with van der Waals surface area (Å²) in [5.74, 6) is 0.382. The average Bonchev–Trinajstić information content (AvgIpc) is 2.34. The quantitative estimate of drug-likeness (QED) is 0.579. The third-order valence-electron chi connectivity index (χ3n) is 1.02. The zero-order chi connectivity index (χ0) is 7.56. The van der Waals surface area contributed by atoms with Crippen molar-refractivity contribution < 1.29 is 0 Å². The van der Waals surface area contributed by atoms with Crippen LogP contribution in [0.3, 0.4) is 0 Å². The van der Waals surface area contributed by atoms with Crippen LogP contribution < -0.4 is 0 Å². The zero-order valence-corrected chi connectivity index (χ0v) is 6.64. The Morgan fingerprint density at radius 2 is 2.20 bits per heavy atom. The molecule has 0 spiro atoms. The van der Waals surface area contributed by atoms with E-state index in [1.807, 2.05) is 13.8 Å². The molecule has 52 valence electrons. The molecule has 0 aliphatic rings. The van der Waals surface area contributed by atoms with Crippen molar-refractivity contribution in [3.8, 4) is 0 Å². The van der Waals surface area contributed by atoms with Gasteiger partial charge in [0.15, 0.2) is 0 Å². The molecule has 4 heteroatoms. The van der Waals surface area contributed by atoms with E-state index in [-0.39, 0.29) is 0 Å². The van der Waals surface area contributed by atoms with Crippen LogP contribution in [0, 0.1) is 6.57 Å². The van der Waals surface area contributed by atoms with E-state index in [2.05, 4.69) is 15.0 Å². The van der Waals surface area contributed by atoms with E-state index in [0.717, 1.165) is 5.01 Å². The molecule has 0 saturated heterocycles. The number of rotatable bonds is 1. The van der Waals surface area contributed by atoms with Gasteiger partial charge in [-0.15, -0.1) is 11.3 Å². The predicted molar refractivity (Wildman–Crippen MR) is 40.3 cm³/mol. The van der Waals surface area contributed by atoms with E-state index >= 15 is 0 Å². The van der Waals surface area contributed by atoms with Crippen molar-refractivity contribution in [3.63, 3.8) is 0 Å². The fourth-order valence-corrected chi connectivity index (χ4v) is 1.14. The van der Waals surface area contributed by atoms with Gasteiger partial charge in [-0.1, -0.05) is 20.4 Å². The first-order valence-corrected chi connectivity index (χ1v) is 3.76. The summed E-state index contributed by atoms with van der Waals surface area (Å²) in [6.45, 7) is 10.7. The third-order valence-corrected chi connectivity index (χ3v) is 2.14. The maximum atomic E-state index is 6.63. The van der Waals surface area contributed by atoms with E-state index in [1.54, 1.807) is 0 Å². The molecule has 0 N–H and O–H groups in total. The Kier molecular flexibility index (Phi) is 1.97. The summed E-state index contributed by atoms with van der Waals surface area (Å²) >= 11 is 1.36. The molecule has 0 radical (unpaired) electrons. The first-order valence-electron chi connectivity index (χ1n) is 2.95. The standard InChI is InChI=1S/C6H7N3S/c1-4(2)5-8-9-6(7-3)10-5/h4H,1-2H3. The molecular formula is C6H7N3S. The lowest BCUT2D eigenvalue weighted by atomic mass is 10.2. The van der Waals surface area contributed by atoms with E-state index in [4.69, 9.17) is 6.57 Å². The van der Waals surface area contributed by atoms with Gasteiger partial charge in [0.1, 0.15) is 5.01 Å². The van der Waals surface area contributed by atoms with Gasteiger partial charge in [-0.3, -0.25) is 0 Å². The van der Waals surface area contributed by atoms with Gasteiger partial charge in [-0.2, -0.15) is 0 Å². The number of nitrogens with zero attached hydrogens (tertiary/aromatic N) is 3. The zero-order valence-electron chi connectivity index (χ0n) is 5.83. The average molecular weight is 153 g/mol. The molecule has 0 atom stereocenters. The molecule has 0 amide bonds. The van der Waals surface area contributed by atoms with Gasteiger partial charge in [0.05, 0.1) is 0 Å². The van der Waals surface area contributed by atoms with E-state index in [1.165, 1.54) is 11.3 Å². The summed E-state index contributed by atoms with van der Waals surface area (Å²) in [6, 6.07) is 0. The Balaban J connectivity index is 2.91. The minimum absolute atomic E-state index is 0.382. The molecule has 1 aromatic rings. The summed E-state index contributed by atoms with van der Waals surface area (Å²) in [6.07, 6.45) is 0. The Hall–Kier alpha value is -0.950. The topological polar surface area (TPSA) is 30.1 Å². The van der Waals surface area contributed by atoms with E-state index in [0.29, 0.717) is 11.0 Å². The Morgan fingerprint density at radius 3 is 2.50 bits per heavy atom. The van der Waals surface area contributed by atoms with Crippen LogP contribution in [0.25, 0.3) is 4.85 Å². The molecule has 0 aliphatic carbocycles. The molecular weight excluding hydrogens is 146 g/mol. The molecule has 0 bridgehead atoms. The van der Waals surface area contributed by atoms with Crippen molar-refractivity contribution in [2.24, 2.45) is 0 Å². The molecule has 1 rings (SSSR count). The van der Waals surface area contributed by atoms with Crippen LogP contribution in [-0.2, 0) is 0 Å². The van der Waals surface area contributed by atoms with Crippen molar-refractivity contribution in [1.82, 2.24) is 10.2 Å². The normalized spacial score (nSPS) is 9.80. The highest BCUT2D eigenvalue weighted by Crippen LogP contribution is 2.23. The first kappa shape index (κ1) is 7.16. The summed E-state index contributed by atoms with van der Waals surface area (Å²) in [5.41, 5.74) is 0. The smallest absolute Gasteiger partial charge is 0.350 e. The maximum Gasteiger partial charge on any atom is 0.355 e. The summed E-state index contributed by atoms with van der Waals surface area (Å²) in [4.78, 5) is 3.17. The molecule has 1 aromatic heterocycles. The highest BCUT2D eigenvalue weighted by molar-refractivity contribution is 7.15. The van der Waals surface area contributed by atoms with Gasteiger partial charge in [0.25, 0.3) is 0 Å². The Labute approximate surface area is 63.5 Å². The van der Waals surface area contributed by atoms with Gasteiger partial charge in [-0.05, 0) is 5.10 Å². The van der Waals surface area contributed by atoms with Gasteiger partial charge < -0.3 is 4.85 Å². The number of hydrogen-bond donors (Lipinski definition) is 0. The molecule has 0 aromatic carbocycles. The highest BCUT2D eigenvalue weighted by atomic mass is 32.1. The predicted octanol–water partition coefficient (Wildman–Crippen LogP) is 2.21. The molecule has 3 nitrogen and oxygen atoms in total. The minimum Gasteiger partial charge on any atom is -0.350 e. The fourth-order valence-electron chi connectivity index (χ4n) is 0.505. The molecule has 0 fully saturated rings. The summed E-state index contributed by atoms with van der Waals surface area (Å²) in [5, 5.41) is 8.88. The van der Waals surface area contributed by atoms with Gasteiger partial charge in [0, 0.05) is 11.0 Å². The van der Waals surface area contributed by atoms with E-state index in [9.17, 15) is 0 Å². The molecule has 1 heterocycles. The van der Waals surface area contributed by atoms with E-state index < -0.39 is 0 Å². The van der Waals surface area contributed by atoms with Crippen molar-refractivity contribution >= 4 is 16.5 Å². The van der Waals surface area contributed by atoms with Crippen molar-refractivity contribution in [1.29, 1.82) is 0 Å². The molecule has 0 aliphatic heterocycles. The minimum atomic E-state index is 0.382. The molecule has 10 heavy (non-hydrogen) atoms. The molecule has 0 saturated carbocycles. The van der Waals surface area contributed by atoms with Crippen LogP contribution in [0.1, 0.15) is 24.8 Å². The monoisotopic (exact) mass is 153 g/mol. The SMILES string of the molecule is [C-]#[N+]c1nnc(C(C)C)s1. The third kappa shape index (κ3) is 1.31. The molecule has 0 unspecified atom stereocenters. The second kappa shape index (κ2) is 2.76. The number of hydrogen-bond acceptors (Lipinski definition) is 3. The first-order chi connectivity index (χ1) is 4.74. The Bertz CT molecular complexity index is 258. The van der Waals surface area contributed by atoms with Crippen molar-refractivity contribution in [2.75, 3.05) is 0 Å². The lowest BCUT2D eigenvalue weighted by Crippen LogP contribution is -1.83.